The molecule has 1 aromatic heterocycles. The first kappa shape index (κ1) is 13.3. The Morgan fingerprint density at radius 1 is 1.25 bits per heavy atom. The summed E-state index contributed by atoms with van der Waals surface area (Å²) in [5.74, 6) is 0.608. The van der Waals surface area contributed by atoms with Gasteiger partial charge in [-0.15, -0.1) is 0 Å². The molecule has 4 heteroatoms. The summed E-state index contributed by atoms with van der Waals surface area (Å²) < 4.78 is 4.17. The smallest absolute Gasteiger partial charge is 0.221 e. The van der Waals surface area contributed by atoms with Crippen LogP contribution < -0.4 is 5.32 Å². The number of nitrogens with one attached hydrogen (secondary N) is 1. The van der Waals surface area contributed by atoms with Crippen molar-refractivity contribution < 1.29 is 4.79 Å². The van der Waals surface area contributed by atoms with Crippen LogP contribution in [0.15, 0.2) is 29.8 Å². The summed E-state index contributed by atoms with van der Waals surface area (Å²) in [7, 11) is 0. The number of carbonyl (C=O) groups excluding carboxylic acids is 1. The zero-order valence-corrected chi connectivity index (χ0v) is 12.4. The second kappa shape index (κ2) is 5.75. The molecule has 0 unspecified atom stereocenters. The third kappa shape index (κ3) is 2.90. The van der Waals surface area contributed by atoms with Crippen molar-refractivity contribution in [3.05, 3.63) is 35.3 Å². The van der Waals surface area contributed by atoms with E-state index in [4.69, 9.17) is 0 Å². The molecule has 1 fully saturated rings. The predicted molar refractivity (Wildman–Crippen MR) is 83.1 cm³/mol. The van der Waals surface area contributed by atoms with Gasteiger partial charge in [-0.05, 0) is 53.6 Å². The molecule has 0 saturated heterocycles. The highest BCUT2D eigenvalue weighted by Gasteiger charge is 2.18. The molecule has 1 aliphatic carbocycles. The Morgan fingerprint density at radius 2 is 2.05 bits per heavy atom. The Balaban J connectivity index is 2.00. The lowest BCUT2D eigenvalue weighted by Crippen LogP contribution is -2.06. The van der Waals surface area contributed by atoms with Crippen LogP contribution in [0.25, 0.3) is 11.1 Å². The van der Waals surface area contributed by atoms with Crippen LogP contribution in [-0.2, 0) is 4.79 Å². The Kier molecular flexibility index (Phi) is 3.83. The van der Waals surface area contributed by atoms with E-state index in [0.29, 0.717) is 5.92 Å². The summed E-state index contributed by atoms with van der Waals surface area (Å²) in [6.45, 7) is 1.55. The van der Waals surface area contributed by atoms with Crippen LogP contribution in [-0.4, -0.2) is 10.3 Å². The Labute approximate surface area is 123 Å². The Bertz CT molecular complexity index is 601. The molecule has 3 nitrogen and oxygen atoms in total. The van der Waals surface area contributed by atoms with Gasteiger partial charge in [-0.2, -0.15) is 0 Å². The number of rotatable bonds is 3. The van der Waals surface area contributed by atoms with Crippen molar-refractivity contribution in [1.29, 1.82) is 0 Å². The minimum Gasteiger partial charge on any atom is -0.326 e. The molecule has 0 bridgehead atoms. The van der Waals surface area contributed by atoms with Gasteiger partial charge in [-0.1, -0.05) is 18.9 Å². The van der Waals surface area contributed by atoms with Gasteiger partial charge in [-0.25, -0.2) is 4.37 Å². The number of aromatic nitrogens is 1. The second-order valence-corrected chi connectivity index (χ2v) is 6.08. The van der Waals surface area contributed by atoms with Gasteiger partial charge in [-0.3, -0.25) is 4.79 Å². The Hall–Kier alpha value is -1.68. The van der Waals surface area contributed by atoms with Crippen molar-refractivity contribution in [1.82, 2.24) is 4.37 Å². The van der Waals surface area contributed by atoms with Gasteiger partial charge in [0.25, 0.3) is 0 Å². The fraction of sp³-hybridized carbons (Fsp3) is 0.375. The van der Waals surface area contributed by atoms with Crippen LogP contribution in [0.5, 0.6) is 0 Å². The van der Waals surface area contributed by atoms with E-state index in [1.165, 1.54) is 42.8 Å². The number of benzene rings is 1. The van der Waals surface area contributed by atoms with Gasteiger partial charge in [0.15, 0.2) is 0 Å². The third-order valence-electron chi connectivity index (χ3n) is 3.87. The molecular formula is C16H18N2OS. The summed E-state index contributed by atoms with van der Waals surface area (Å²) in [6.07, 6.45) is 7.01. The highest BCUT2D eigenvalue weighted by atomic mass is 32.1. The molecule has 1 aromatic carbocycles. The lowest BCUT2D eigenvalue weighted by atomic mass is 9.94. The quantitative estimate of drug-likeness (QED) is 0.907. The van der Waals surface area contributed by atoms with Crippen LogP contribution in [0.3, 0.4) is 0 Å². The highest BCUT2D eigenvalue weighted by molar-refractivity contribution is 7.03. The molecule has 1 aliphatic rings. The maximum Gasteiger partial charge on any atom is 0.221 e. The molecule has 0 aliphatic heterocycles. The number of amides is 1. The van der Waals surface area contributed by atoms with E-state index in [1.807, 2.05) is 17.6 Å². The molecule has 0 radical (unpaired) electrons. The first-order valence-corrected chi connectivity index (χ1v) is 7.88. The lowest BCUT2D eigenvalue weighted by Gasteiger charge is -2.14. The highest BCUT2D eigenvalue weighted by Crippen LogP contribution is 2.37. The molecule has 104 valence electrons. The third-order valence-corrected chi connectivity index (χ3v) is 4.45. The van der Waals surface area contributed by atoms with Crippen LogP contribution in [0.4, 0.5) is 5.69 Å². The van der Waals surface area contributed by atoms with Crippen LogP contribution in [0.1, 0.15) is 44.1 Å². The van der Waals surface area contributed by atoms with Gasteiger partial charge >= 0.3 is 0 Å². The molecule has 1 heterocycles. The first-order chi connectivity index (χ1) is 9.72. The monoisotopic (exact) mass is 286 g/mol. The van der Waals surface area contributed by atoms with Crippen molar-refractivity contribution in [3.63, 3.8) is 0 Å². The molecular weight excluding hydrogens is 268 g/mol. The molecule has 20 heavy (non-hydrogen) atoms. The minimum absolute atomic E-state index is 0.0250. The summed E-state index contributed by atoms with van der Waals surface area (Å²) in [5, 5.41) is 4.96. The van der Waals surface area contributed by atoms with Crippen molar-refractivity contribution in [2.75, 3.05) is 5.32 Å². The maximum atomic E-state index is 11.3. The fourth-order valence-corrected chi connectivity index (χ4v) is 3.48. The second-order valence-electron chi connectivity index (χ2n) is 5.42. The molecule has 0 atom stereocenters. The summed E-state index contributed by atoms with van der Waals surface area (Å²) >= 11 is 1.45. The van der Waals surface area contributed by atoms with E-state index in [0.717, 1.165) is 16.8 Å². The van der Waals surface area contributed by atoms with E-state index >= 15 is 0 Å². The molecule has 2 aromatic rings. The SMILES string of the molecule is CC(=O)Nc1cc(-c2cnsc2)cc(C2CCCC2)c1. The Morgan fingerprint density at radius 3 is 2.70 bits per heavy atom. The van der Waals surface area contributed by atoms with Crippen molar-refractivity contribution in [2.45, 2.75) is 38.5 Å². The molecule has 1 N–H and O–H groups in total. The van der Waals surface area contributed by atoms with Gasteiger partial charge in [0, 0.05) is 29.8 Å². The zero-order valence-electron chi connectivity index (χ0n) is 11.6. The molecule has 1 saturated carbocycles. The van der Waals surface area contributed by atoms with Gasteiger partial charge in [0.05, 0.1) is 0 Å². The number of hydrogen-bond acceptors (Lipinski definition) is 3. The fourth-order valence-electron chi connectivity index (χ4n) is 2.94. The minimum atomic E-state index is -0.0250. The van der Waals surface area contributed by atoms with Crippen LogP contribution >= 0.6 is 11.5 Å². The van der Waals surface area contributed by atoms with Crippen molar-refractivity contribution in [3.8, 4) is 11.1 Å². The average Bonchev–Trinajstić information content (AvgIpc) is 3.11. The number of carbonyl (C=O) groups is 1. The molecule has 0 spiro atoms. The molecule has 3 rings (SSSR count). The predicted octanol–water partition coefficient (Wildman–Crippen LogP) is 4.43. The van der Waals surface area contributed by atoms with Crippen molar-refractivity contribution in [2.24, 2.45) is 0 Å². The summed E-state index contributed by atoms with van der Waals surface area (Å²) in [5.41, 5.74) is 4.51. The van der Waals surface area contributed by atoms with E-state index in [2.05, 4.69) is 21.8 Å². The standard InChI is InChI=1S/C16H18N2OS/c1-11(19)18-16-7-13(12-4-2-3-5-12)6-14(8-16)15-9-17-20-10-15/h6-10,12H,2-5H2,1H3,(H,18,19). The average molecular weight is 286 g/mol. The topological polar surface area (TPSA) is 42.0 Å². The van der Waals surface area contributed by atoms with Crippen LogP contribution in [0.2, 0.25) is 0 Å². The van der Waals surface area contributed by atoms with Crippen molar-refractivity contribution >= 4 is 23.1 Å². The normalized spacial score (nSPS) is 15.4. The number of nitrogens with zero attached hydrogens (tertiary/aromatic N) is 1. The van der Waals surface area contributed by atoms with Gasteiger partial charge < -0.3 is 5.32 Å². The van der Waals surface area contributed by atoms with Gasteiger partial charge in [0.1, 0.15) is 0 Å². The summed E-state index contributed by atoms with van der Waals surface area (Å²) in [4.78, 5) is 11.3. The zero-order chi connectivity index (χ0) is 13.9. The molecule has 1 amide bonds. The number of hydrogen-bond donors (Lipinski definition) is 1. The maximum absolute atomic E-state index is 11.3. The number of anilines is 1. The van der Waals surface area contributed by atoms with Gasteiger partial charge in [0.2, 0.25) is 5.91 Å². The van der Waals surface area contributed by atoms with E-state index in [-0.39, 0.29) is 5.91 Å². The van der Waals surface area contributed by atoms with E-state index in [1.54, 1.807) is 6.92 Å². The van der Waals surface area contributed by atoms with E-state index in [9.17, 15) is 4.79 Å². The largest absolute Gasteiger partial charge is 0.326 e. The lowest BCUT2D eigenvalue weighted by molar-refractivity contribution is -0.114. The van der Waals surface area contributed by atoms with E-state index < -0.39 is 0 Å². The summed E-state index contributed by atoms with van der Waals surface area (Å²) in [6, 6.07) is 6.41. The van der Waals surface area contributed by atoms with Crippen LogP contribution in [0, 0.1) is 0 Å². The first-order valence-electron chi connectivity index (χ1n) is 7.05.